The molecule has 1 atom stereocenters. The van der Waals surface area contributed by atoms with Crippen LogP contribution in [0.5, 0.6) is 0 Å². The summed E-state index contributed by atoms with van der Waals surface area (Å²) in [6.45, 7) is 0.731. The predicted molar refractivity (Wildman–Crippen MR) is 90.2 cm³/mol. The van der Waals surface area contributed by atoms with Gasteiger partial charge in [0.2, 0.25) is 0 Å². The molecule has 0 aliphatic carbocycles. The number of anilines is 1. The second-order valence-electron chi connectivity index (χ2n) is 5.38. The maximum Gasteiger partial charge on any atom is 0.170 e. The zero-order valence-corrected chi connectivity index (χ0v) is 12.7. The van der Waals surface area contributed by atoms with E-state index in [4.69, 9.17) is 0 Å². The number of hydrogen-bond acceptors (Lipinski definition) is 4. The van der Waals surface area contributed by atoms with Crippen LogP contribution in [0.1, 0.15) is 10.4 Å². The van der Waals surface area contributed by atoms with Gasteiger partial charge in [0.15, 0.2) is 5.78 Å². The summed E-state index contributed by atoms with van der Waals surface area (Å²) in [5.74, 6) is 1.05. The highest BCUT2D eigenvalue weighted by Crippen LogP contribution is 2.33. The Bertz CT molecular complexity index is 815. The summed E-state index contributed by atoms with van der Waals surface area (Å²) >= 11 is 1.70. The van der Waals surface area contributed by atoms with Crippen LogP contribution < -0.4 is 4.31 Å². The first-order valence-corrected chi connectivity index (χ1v) is 8.18. The molecule has 3 aromatic rings. The molecule has 0 bridgehead atoms. The largest absolute Gasteiger partial charge is 0.360 e. The molecule has 4 rings (SSSR count). The lowest BCUT2D eigenvalue weighted by molar-refractivity contribution is 0.0942. The molecule has 1 unspecified atom stereocenters. The lowest BCUT2D eigenvalue weighted by atomic mass is 9.98. The van der Waals surface area contributed by atoms with Crippen LogP contribution in [0.15, 0.2) is 55.0 Å². The third-order valence-electron chi connectivity index (χ3n) is 3.98. The highest BCUT2D eigenvalue weighted by Gasteiger charge is 2.31. The highest BCUT2D eigenvalue weighted by molar-refractivity contribution is 8.00. The molecule has 110 valence electrons. The van der Waals surface area contributed by atoms with Crippen LogP contribution in [-0.4, -0.2) is 28.0 Å². The van der Waals surface area contributed by atoms with Gasteiger partial charge in [-0.05, 0) is 30.1 Å². The van der Waals surface area contributed by atoms with Gasteiger partial charge >= 0.3 is 0 Å². The minimum absolute atomic E-state index is 0.0180. The minimum Gasteiger partial charge on any atom is -0.360 e. The Balaban J connectivity index is 1.57. The number of rotatable bonds is 3. The van der Waals surface area contributed by atoms with Crippen molar-refractivity contribution in [3.63, 3.8) is 0 Å². The van der Waals surface area contributed by atoms with Crippen LogP contribution in [0.2, 0.25) is 0 Å². The van der Waals surface area contributed by atoms with Crippen LogP contribution in [0.25, 0.3) is 10.9 Å². The summed E-state index contributed by atoms with van der Waals surface area (Å²) in [5.41, 5.74) is 2.87. The van der Waals surface area contributed by atoms with Crippen molar-refractivity contribution >= 4 is 34.3 Å². The maximum absolute atomic E-state index is 12.8. The average Bonchev–Trinajstić information content (AvgIpc) is 3.22. The van der Waals surface area contributed by atoms with Crippen LogP contribution in [0.3, 0.4) is 0 Å². The molecule has 3 heterocycles. The van der Waals surface area contributed by atoms with Gasteiger partial charge in [-0.25, -0.2) is 0 Å². The number of aromatic amines is 1. The molecular formula is C17H15N3OS. The first-order chi connectivity index (χ1) is 10.8. The Kier molecular flexibility index (Phi) is 3.35. The molecule has 1 N–H and O–H groups in total. The molecule has 0 radical (unpaired) electrons. The fourth-order valence-electron chi connectivity index (χ4n) is 2.82. The quantitative estimate of drug-likeness (QED) is 0.594. The maximum atomic E-state index is 12.8. The Hall–Kier alpha value is -2.27. The Labute approximate surface area is 132 Å². The third kappa shape index (κ3) is 2.27. The summed E-state index contributed by atoms with van der Waals surface area (Å²) in [6, 6.07) is 11.9. The number of nitrogens with one attached hydrogen (secondary N) is 1. The number of aromatic nitrogens is 2. The van der Waals surface area contributed by atoms with E-state index in [0.29, 0.717) is 0 Å². The standard InChI is InChI=1S/C17H15N3OS/c21-17(15-9-19-16-6-2-1-5-14(15)16)12-10-20(22-11-12)13-4-3-7-18-8-13/h1-9,12,19H,10-11H2. The zero-order valence-electron chi connectivity index (χ0n) is 11.9. The van der Waals surface area contributed by atoms with E-state index in [1.54, 1.807) is 18.1 Å². The van der Waals surface area contributed by atoms with Gasteiger partial charge in [-0.2, -0.15) is 0 Å². The zero-order chi connectivity index (χ0) is 14.9. The SMILES string of the molecule is O=C(c1c[nH]c2ccccc12)C1CSN(c2cccnc2)C1. The minimum atomic E-state index is 0.0180. The van der Waals surface area contributed by atoms with E-state index in [0.717, 1.165) is 34.5 Å². The number of hydrogen-bond donors (Lipinski definition) is 1. The van der Waals surface area contributed by atoms with Gasteiger partial charge in [0.25, 0.3) is 0 Å². The van der Waals surface area contributed by atoms with Crippen molar-refractivity contribution < 1.29 is 4.79 Å². The van der Waals surface area contributed by atoms with Gasteiger partial charge in [0.1, 0.15) is 0 Å². The molecular weight excluding hydrogens is 294 g/mol. The summed E-state index contributed by atoms with van der Waals surface area (Å²) in [7, 11) is 0. The molecule has 0 amide bonds. The van der Waals surface area contributed by atoms with Crippen molar-refractivity contribution in [1.29, 1.82) is 0 Å². The number of benzene rings is 1. The van der Waals surface area contributed by atoms with Crippen LogP contribution >= 0.6 is 11.9 Å². The molecule has 2 aromatic heterocycles. The number of fused-ring (bicyclic) bond motifs is 1. The normalized spacial score (nSPS) is 18.0. The summed E-state index contributed by atoms with van der Waals surface area (Å²) < 4.78 is 2.16. The van der Waals surface area contributed by atoms with Crippen LogP contribution in [0.4, 0.5) is 5.69 Å². The van der Waals surface area contributed by atoms with Gasteiger partial charge in [0, 0.05) is 41.2 Å². The number of carbonyl (C=O) groups is 1. The molecule has 22 heavy (non-hydrogen) atoms. The van der Waals surface area contributed by atoms with Crippen molar-refractivity contribution in [2.45, 2.75) is 0 Å². The van der Waals surface area contributed by atoms with Gasteiger partial charge in [-0.1, -0.05) is 18.2 Å². The summed E-state index contributed by atoms with van der Waals surface area (Å²) in [5, 5.41) is 1.01. The van der Waals surface area contributed by atoms with E-state index in [1.165, 1.54) is 0 Å². The Morgan fingerprint density at radius 3 is 3.05 bits per heavy atom. The van der Waals surface area contributed by atoms with Gasteiger partial charge in [0.05, 0.1) is 17.8 Å². The Morgan fingerprint density at radius 2 is 2.18 bits per heavy atom. The molecule has 1 aromatic carbocycles. The lowest BCUT2D eigenvalue weighted by Crippen LogP contribution is -2.21. The van der Waals surface area contributed by atoms with E-state index >= 15 is 0 Å². The first-order valence-electron chi connectivity index (χ1n) is 7.24. The molecule has 0 saturated carbocycles. The van der Waals surface area contributed by atoms with Crippen molar-refractivity contribution in [3.8, 4) is 0 Å². The summed E-state index contributed by atoms with van der Waals surface area (Å²) in [6.07, 6.45) is 5.44. The fraction of sp³-hybridized carbons (Fsp3) is 0.176. The number of nitrogens with zero attached hydrogens (tertiary/aromatic N) is 2. The molecule has 0 spiro atoms. The third-order valence-corrected chi connectivity index (χ3v) is 5.20. The van der Waals surface area contributed by atoms with Gasteiger partial charge < -0.3 is 9.29 Å². The number of H-pyrrole nitrogens is 1. The van der Waals surface area contributed by atoms with Crippen molar-refractivity contribution in [2.24, 2.45) is 5.92 Å². The van der Waals surface area contributed by atoms with E-state index in [-0.39, 0.29) is 11.7 Å². The van der Waals surface area contributed by atoms with E-state index in [1.807, 2.05) is 48.8 Å². The molecule has 1 aliphatic heterocycles. The number of pyridine rings is 1. The monoisotopic (exact) mass is 309 g/mol. The second-order valence-corrected chi connectivity index (χ2v) is 6.41. The van der Waals surface area contributed by atoms with E-state index in [2.05, 4.69) is 14.3 Å². The lowest BCUT2D eigenvalue weighted by Gasteiger charge is -2.15. The Morgan fingerprint density at radius 1 is 1.27 bits per heavy atom. The number of para-hydroxylation sites is 1. The number of carbonyl (C=O) groups excluding carboxylic acids is 1. The molecule has 5 heteroatoms. The smallest absolute Gasteiger partial charge is 0.170 e. The number of ketones is 1. The molecule has 1 fully saturated rings. The fourth-order valence-corrected chi connectivity index (χ4v) is 3.98. The average molecular weight is 309 g/mol. The second kappa shape index (κ2) is 5.50. The van der Waals surface area contributed by atoms with Crippen LogP contribution in [0, 0.1) is 5.92 Å². The molecule has 1 saturated heterocycles. The predicted octanol–water partition coefficient (Wildman–Crippen LogP) is 3.53. The first kappa shape index (κ1) is 13.4. The van der Waals surface area contributed by atoms with E-state index < -0.39 is 0 Å². The highest BCUT2D eigenvalue weighted by atomic mass is 32.2. The van der Waals surface area contributed by atoms with Crippen molar-refractivity contribution in [1.82, 2.24) is 9.97 Å². The van der Waals surface area contributed by atoms with E-state index in [9.17, 15) is 4.79 Å². The molecule has 1 aliphatic rings. The van der Waals surface area contributed by atoms with Gasteiger partial charge in [-0.15, -0.1) is 0 Å². The molecule has 4 nitrogen and oxygen atoms in total. The van der Waals surface area contributed by atoms with Crippen LogP contribution in [-0.2, 0) is 0 Å². The van der Waals surface area contributed by atoms with Crippen molar-refractivity contribution in [2.75, 3.05) is 16.6 Å². The topological polar surface area (TPSA) is 49.0 Å². The summed E-state index contributed by atoms with van der Waals surface area (Å²) in [4.78, 5) is 20.2. The van der Waals surface area contributed by atoms with Gasteiger partial charge in [-0.3, -0.25) is 9.78 Å². The van der Waals surface area contributed by atoms with Crippen molar-refractivity contribution in [3.05, 3.63) is 60.6 Å². The number of Topliss-reactive ketones (excluding diaryl/α,β-unsaturated/α-hetero) is 1.